The zero-order chi connectivity index (χ0) is 16.2. The lowest BCUT2D eigenvalue weighted by Crippen LogP contribution is -2.20. The number of nitrogens with zero attached hydrogens (tertiary/aromatic N) is 5. The third-order valence-corrected chi connectivity index (χ3v) is 4.19. The van der Waals surface area contributed by atoms with Crippen molar-refractivity contribution < 1.29 is 13.9 Å². The molecule has 3 aromatic rings. The molecule has 0 radical (unpaired) electrons. The minimum absolute atomic E-state index is 0.00683. The Hall–Kier alpha value is -2.39. The summed E-state index contributed by atoms with van der Waals surface area (Å²) in [5, 5.41) is 3.88. The smallest absolute Gasteiger partial charge is 0.270 e. The van der Waals surface area contributed by atoms with Crippen molar-refractivity contribution in [2.45, 2.75) is 13.1 Å². The van der Waals surface area contributed by atoms with E-state index in [-0.39, 0.29) is 18.3 Å². The number of amides is 1. The predicted octanol–water partition coefficient (Wildman–Crippen LogP) is 1.21. The van der Waals surface area contributed by atoms with Crippen LogP contribution in [0.3, 0.4) is 0 Å². The first-order valence-corrected chi connectivity index (χ1v) is 7.67. The Labute approximate surface area is 134 Å². The summed E-state index contributed by atoms with van der Waals surface area (Å²) in [6.07, 6.45) is 2.81. The Morgan fingerprint density at radius 1 is 1.48 bits per heavy atom. The molecule has 9 heteroatoms. The molecule has 1 aromatic carbocycles. The number of fused-ring (bicyclic) bond motifs is 1. The predicted molar refractivity (Wildman–Crippen MR) is 82.2 cm³/mol. The van der Waals surface area contributed by atoms with E-state index in [1.54, 1.807) is 13.2 Å². The topological polar surface area (TPSA) is 74.3 Å². The highest BCUT2D eigenvalue weighted by atomic mass is 32.1. The van der Waals surface area contributed by atoms with E-state index in [9.17, 15) is 9.18 Å². The van der Waals surface area contributed by atoms with E-state index in [2.05, 4.69) is 15.1 Å². The lowest BCUT2D eigenvalue weighted by molar-refractivity contribution is -0.118. The standard InChI is InChI=1S/C14H14FN5O2S/c1-22-5-4-20-11-3-2-10(15)6-12(11)23-14(20)18-13(21)7-19-9-16-8-17-19/h2-3,6,8-9H,4-5,7H2,1H3. The van der Waals surface area contributed by atoms with Gasteiger partial charge < -0.3 is 9.30 Å². The van der Waals surface area contributed by atoms with Crippen LogP contribution in [0.4, 0.5) is 4.39 Å². The Morgan fingerprint density at radius 3 is 3.09 bits per heavy atom. The second-order valence-electron chi connectivity index (χ2n) is 4.74. The maximum atomic E-state index is 13.4. The number of carbonyl (C=O) groups excluding carboxylic acids is 1. The van der Waals surface area contributed by atoms with Gasteiger partial charge in [0.05, 0.1) is 16.8 Å². The van der Waals surface area contributed by atoms with E-state index in [1.165, 1.54) is 40.8 Å². The van der Waals surface area contributed by atoms with Crippen LogP contribution in [0.5, 0.6) is 0 Å². The monoisotopic (exact) mass is 335 g/mol. The molecule has 2 aromatic heterocycles. The molecular formula is C14H14FN5O2S. The average Bonchev–Trinajstić information content (AvgIpc) is 3.12. The average molecular weight is 335 g/mol. The molecule has 0 aliphatic heterocycles. The molecule has 0 atom stereocenters. The molecule has 0 fully saturated rings. The first-order valence-electron chi connectivity index (χ1n) is 6.85. The lowest BCUT2D eigenvalue weighted by atomic mass is 10.3. The fourth-order valence-corrected chi connectivity index (χ4v) is 3.22. The van der Waals surface area contributed by atoms with Gasteiger partial charge in [0, 0.05) is 13.7 Å². The SMILES string of the molecule is COCCn1c(=NC(=O)Cn2cncn2)sc2cc(F)ccc21. The summed E-state index contributed by atoms with van der Waals surface area (Å²) >= 11 is 1.26. The van der Waals surface area contributed by atoms with Crippen LogP contribution in [0.1, 0.15) is 0 Å². The number of hydrogen-bond donors (Lipinski definition) is 0. The highest BCUT2D eigenvalue weighted by molar-refractivity contribution is 7.16. The maximum absolute atomic E-state index is 13.4. The molecule has 120 valence electrons. The fraction of sp³-hybridized carbons (Fsp3) is 0.286. The van der Waals surface area contributed by atoms with E-state index in [0.717, 1.165) is 10.2 Å². The molecule has 0 unspecified atom stereocenters. The van der Waals surface area contributed by atoms with Crippen LogP contribution in [0, 0.1) is 5.82 Å². The molecule has 0 spiro atoms. The Morgan fingerprint density at radius 2 is 2.35 bits per heavy atom. The number of carbonyl (C=O) groups is 1. The molecule has 0 aliphatic rings. The van der Waals surface area contributed by atoms with E-state index >= 15 is 0 Å². The Balaban J connectivity index is 2.00. The van der Waals surface area contributed by atoms with Crippen molar-refractivity contribution in [2.24, 2.45) is 4.99 Å². The summed E-state index contributed by atoms with van der Waals surface area (Å²) in [4.78, 5) is 20.5. The fourth-order valence-electron chi connectivity index (χ4n) is 2.13. The summed E-state index contributed by atoms with van der Waals surface area (Å²) in [5.74, 6) is -0.674. The molecule has 1 amide bonds. The number of benzene rings is 1. The quantitative estimate of drug-likeness (QED) is 0.702. The van der Waals surface area contributed by atoms with Crippen LogP contribution in [-0.2, 0) is 22.6 Å². The summed E-state index contributed by atoms with van der Waals surface area (Å²) in [7, 11) is 1.60. The molecule has 23 heavy (non-hydrogen) atoms. The van der Waals surface area contributed by atoms with Gasteiger partial charge in [-0.25, -0.2) is 14.1 Å². The van der Waals surface area contributed by atoms with Gasteiger partial charge in [0.25, 0.3) is 5.91 Å². The normalized spacial score (nSPS) is 12.2. The molecule has 2 heterocycles. The van der Waals surface area contributed by atoms with Crippen LogP contribution < -0.4 is 4.80 Å². The van der Waals surface area contributed by atoms with Crippen LogP contribution in [0.25, 0.3) is 10.2 Å². The number of methoxy groups -OCH3 is 1. The molecule has 7 nitrogen and oxygen atoms in total. The van der Waals surface area contributed by atoms with Gasteiger partial charge in [-0.2, -0.15) is 10.1 Å². The van der Waals surface area contributed by atoms with Crippen LogP contribution in [0.2, 0.25) is 0 Å². The van der Waals surface area contributed by atoms with Crippen LogP contribution >= 0.6 is 11.3 Å². The van der Waals surface area contributed by atoms with Gasteiger partial charge in [-0.15, -0.1) is 0 Å². The second-order valence-corrected chi connectivity index (χ2v) is 5.75. The summed E-state index contributed by atoms with van der Waals surface area (Å²) in [6, 6.07) is 4.50. The highest BCUT2D eigenvalue weighted by Crippen LogP contribution is 2.18. The number of rotatable bonds is 5. The Bertz CT molecular complexity index is 884. The van der Waals surface area contributed by atoms with Crippen molar-refractivity contribution in [3.63, 3.8) is 0 Å². The van der Waals surface area contributed by atoms with E-state index < -0.39 is 0 Å². The van der Waals surface area contributed by atoms with E-state index in [4.69, 9.17) is 4.74 Å². The van der Waals surface area contributed by atoms with Gasteiger partial charge in [-0.3, -0.25) is 4.79 Å². The molecule has 0 bridgehead atoms. The lowest BCUT2D eigenvalue weighted by Gasteiger charge is -2.04. The van der Waals surface area contributed by atoms with E-state index in [1.807, 2.05) is 4.57 Å². The molecule has 3 rings (SSSR count). The number of aromatic nitrogens is 4. The zero-order valence-electron chi connectivity index (χ0n) is 12.3. The first-order chi connectivity index (χ1) is 11.2. The van der Waals surface area contributed by atoms with Crippen molar-refractivity contribution in [3.05, 3.63) is 41.5 Å². The van der Waals surface area contributed by atoms with Crippen molar-refractivity contribution in [1.82, 2.24) is 19.3 Å². The van der Waals surface area contributed by atoms with Gasteiger partial charge in [-0.05, 0) is 18.2 Å². The Kier molecular flexibility index (Phi) is 4.58. The van der Waals surface area contributed by atoms with Crippen molar-refractivity contribution in [2.75, 3.05) is 13.7 Å². The molecular weight excluding hydrogens is 321 g/mol. The summed E-state index contributed by atoms with van der Waals surface area (Å²) in [5.41, 5.74) is 0.820. The number of hydrogen-bond acceptors (Lipinski definition) is 5. The molecule has 0 saturated heterocycles. The van der Waals surface area contributed by atoms with Crippen molar-refractivity contribution in [3.8, 4) is 0 Å². The highest BCUT2D eigenvalue weighted by Gasteiger charge is 2.09. The second kappa shape index (κ2) is 6.80. The van der Waals surface area contributed by atoms with Gasteiger partial charge in [0.1, 0.15) is 25.0 Å². The third kappa shape index (κ3) is 3.51. The maximum Gasteiger partial charge on any atom is 0.270 e. The van der Waals surface area contributed by atoms with Crippen molar-refractivity contribution in [1.29, 1.82) is 0 Å². The number of thiazole rings is 1. The van der Waals surface area contributed by atoms with Crippen LogP contribution in [0.15, 0.2) is 35.8 Å². The van der Waals surface area contributed by atoms with E-state index in [0.29, 0.717) is 18.0 Å². The van der Waals surface area contributed by atoms with Gasteiger partial charge >= 0.3 is 0 Å². The van der Waals surface area contributed by atoms with Crippen LogP contribution in [-0.4, -0.2) is 39.0 Å². The number of ether oxygens (including phenoxy) is 1. The summed E-state index contributed by atoms with van der Waals surface area (Å²) in [6.45, 7) is 0.998. The molecule has 0 N–H and O–H groups in total. The largest absolute Gasteiger partial charge is 0.383 e. The minimum Gasteiger partial charge on any atom is -0.383 e. The minimum atomic E-state index is -0.353. The number of halogens is 1. The first kappa shape index (κ1) is 15.5. The molecule has 0 aliphatic carbocycles. The van der Waals surface area contributed by atoms with Crippen molar-refractivity contribution >= 4 is 27.5 Å². The molecule has 0 saturated carbocycles. The third-order valence-electron chi connectivity index (χ3n) is 3.15. The summed E-state index contributed by atoms with van der Waals surface area (Å²) < 4.78 is 22.5. The zero-order valence-corrected chi connectivity index (χ0v) is 13.2. The van der Waals surface area contributed by atoms with Gasteiger partial charge in [-0.1, -0.05) is 11.3 Å². The van der Waals surface area contributed by atoms with Gasteiger partial charge in [0.2, 0.25) is 0 Å². The van der Waals surface area contributed by atoms with Gasteiger partial charge in [0.15, 0.2) is 4.80 Å².